The lowest BCUT2D eigenvalue weighted by molar-refractivity contribution is -0.142. The molecule has 104 valence electrons. The molecule has 0 aliphatic heterocycles. The molecule has 0 amide bonds. The fourth-order valence-electron chi connectivity index (χ4n) is 2.01. The van der Waals surface area contributed by atoms with Gasteiger partial charge in [0.25, 0.3) is 0 Å². The first kappa shape index (κ1) is 14.5. The van der Waals surface area contributed by atoms with Crippen LogP contribution in [-0.4, -0.2) is 12.6 Å². The first-order valence-electron chi connectivity index (χ1n) is 6.30. The summed E-state index contributed by atoms with van der Waals surface area (Å²) in [6, 6.07) is 11.4. The maximum Gasteiger partial charge on any atom is 0.310 e. The van der Waals surface area contributed by atoms with Gasteiger partial charge >= 0.3 is 5.97 Å². The molecule has 0 saturated carbocycles. The molecule has 0 aromatic heterocycles. The minimum absolute atomic E-state index is 0.111. The summed E-state index contributed by atoms with van der Waals surface area (Å²) in [6.45, 7) is 2.08. The van der Waals surface area contributed by atoms with Crippen molar-refractivity contribution in [3.8, 4) is 11.1 Å². The van der Waals surface area contributed by atoms with Crippen LogP contribution in [0.2, 0.25) is 5.02 Å². The van der Waals surface area contributed by atoms with Gasteiger partial charge in [0.05, 0.1) is 13.0 Å². The van der Waals surface area contributed by atoms with Crippen LogP contribution in [0.25, 0.3) is 11.1 Å². The number of halogens is 2. The predicted octanol–water partition coefficient (Wildman–Crippen LogP) is 4.25. The van der Waals surface area contributed by atoms with E-state index in [0.717, 1.165) is 11.1 Å². The van der Waals surface area contributed by atoms with Crippen molar-refractivity contribution in [3.63, 3.8) is 0 Å². The number of carbonyl (C=O) groups excluding carboxylic acids is 1. The van der Waals surface area contributed by atoms with Crippen molar-refractivity contribution in [3.05, 3.63) is 58.9 Å². The van der Waals surface area contributed by atoms with Crippen LogP contribution in [0.3, 0.4) is 0 Å². The van der Waals surface area contributed by atoms with E-state index in [2.05, 4.69) is 0 Å². The Kier molecular flexibility index (Phi) is 4.74. The number of benzene rings is 2. The minimum Gasteiger partial charge on any atom is -0.466 e. The highest BCUT2D eigenvalue weighted by Crippen LogP contribution is 2.27. The standard InChI is InChI=1S/C16H14ClFO2/c1-2-20-16(19)10-12-8-13(17)6-7-15(12)11-4-3-5-14(18)9-11/h3-9H,2,10H2,1H3. The topological polar surface area (TPSA) is 26.3 Å². The number of hydrogen-bond acceptors (Lipinski definition) is 2. The minimum atomic E-state index is -0.326. The van der Waals surface area contributed by atoms with Crippen molar-refractivity contribution in [2.75, 3.05) is 6.61 Å². The summed E-state index contributed by atoms with van der Waals surface area (Å²) in [4.78, 5) is 11.6. The van der Waals surface area contributed by atoms with Gasteiger partial charge in [0, 0.05) is 5.02 Å². The van der Waals surface area contributed by atoms with Crippen LogP contribution in [0.15, 0.2) is 42.5 Å². The molecular formula is C16H14ClFO2. The van der Waals surface area contributed by atoms with Gasteiger partial charge in [-0.05, 0) is 47.9 Å². The van der Waals surface area contributed by atoms with E-state index in [4.69, 9.17) is 16.3 Å². The molecule has 0 spiro atoms. The summed E-state index contributed by atoms with van der Waals surface area (Å²) in [5, 5.41) is 0.532. The summed E-state index contributed by atoms with van der Waals surface area (Å²) in [7, 11) is 0. The molecule has 0 heterocycles. The fourth-order valence-corrected chi connectivity index (χ4v) is 2.21. The predicted molar refractivity (Wildman–Crippen MR) is 77.2 cm³/mol. The third-order valence-electron chi connectivity index (χ3n) is 2.84. The van der Waals surface area contributed by atoms with E-state index in [9.17, 15) is 9.18 Å². The third-order valence-corrected chi connectivity index (χ3v) is 3.08. The maximum absolute atomic E-state index is 13.3. The highest BCUT2D eigenvalue weighted by Gasteiger charge is 2.11. The molecule has 2 aromatic rings. The van der Waals surface area contributed by atoms with Gasteiger partial charge in [-0.25, -0.2) is 4.39 Å². The van der Waals surface area contributed by atoms with Crippen LogP contribution in [-0.2, 0) is 16.0 Å². The lowest BCUT2D eigenvalue weighted by Crippen LogP contribution is -2.08. The second-order valence-electron chi connectivity index (χ2n) is 4.29. The molecule has 0 radical (unpaired) electrons. The zero-order valence-corrected chi connectivity index (χ0v) is 11.8. The van der Waals surface area contributed by atoms with Crippen LogP contribution in [0.5, 0.6) is 0 Å². The summed E-state index contributed by atoms with van der Waals surface area (Å²) in [6.07, 6.45) is 0.111. The Bertz CT molecular complexity index is 626. The Morgan fingerprint density at radius 3 is 2.75 bits per heavy atom. The van der Waals surface area contributed by atoms with Gasteiger partial charge in [-0.1, -0.05) is 29.8 Å². The number of esters is 1. The van der Waals surface area contributed by atoms with Gasteiger partial charge in [-0.2, -0.15) is 0 Å². The quantitative estimate of drug-likeness (QED) is 0.787. The van der Waals surface area contributed by atoms with Gasteiger partial charge in [0.1, 0.15) is 5.82 Å². The zero-order chi connectivity index (χ0) is 14.5. The van der Waals surface area contributed by atoms with E-state index in [1.807, 2.05) is 0 Å². The van der Waals surface area contributed by atoms with E-state index >= 15 is 0 Å². The Balaban J connectivity index is 2.40. The molecular weight excluding hydrogens is 279 g/mol. The zero-order valence-electron chi connectivity index (χ0n) is 11.0. The van der Waals surface area contributed by atoms with Crippen LogP contribution in [0, 0.1) is 5.82 Å². The average Bonchev–Trinajstić information content (AvgIpc) is 2.39. The van der Waals surface area contributed by atoms with Crippen molar-refractivity contribution in [1.82, 2.24) is 0 Å². The largest absolute Gasteiger partial charge is 0.466 e. The van der Waals surface area contributed by atoms with Gasteiger partial charge in [-0.3, -0.25) is 4.79 Å². The second kappa shape index (κ2) is 6.53. The van der Waals surface area contributed by atoms with Crippen molar-refractivity contribution >= 4 is 17.6 Å². The maximum atomic E-state index is 13.3. The Labute approximate surface area is 122 Å². The normalized spacial score (nSPS) is 10.3. The molecule has 0 aliphatic rings. The molecule has 2 nitrogen and oxygen atoms in total. The summed E-state index contributed by atoms with van der Waals surface area (Å²) >= 11 is 5.97. The van der Waals surface area contributed by atoms with E-state index in [1.165, 1.54) is 12.1 Å². The Hall–Kier alpha value is -1.87. The summed E-state index contributed by atoms with van der Waals surface area (Å²) in [5.74, 6) is -0.646. The Morgan fingerprint density at radius 2 is 2.05 bits per heavy atom. The van der Waals surface area contributed by atoms with Gasteiger partial charge < -0.3 is 4.74 Å². The van der Waals surface area contributed by atoms with Crippen LogP contribution < -0.4 is 0 Å². The van der Waals surface area contributed by atoms with Gasteiger partial charge in [-0.15, -0.1) is 0 Å². The van der Waals surface area contributed by atoms with E-state index in [-0.39, 0.29) is 18.2 Å². The summed E-state index contributed by atoms with van der Waals surface area (Å²) < 4.78 is 18.3. The molecule has 0 saturated heterocycles. The second-order valence-corrected chi connectivity index (χ2v) is 4.73. The molecule has 0 aliphatic carbocycles. The van der Waals surface area contributed by atoms with E-state index in [0.29, 0.717) is 17.2 Å². The Morgan fingerprint density at radius 1 is 1.25 bits per heavy atom. The molecule has 0 atom stereocenters. The third kappa shape index (κ3) is 3.58. The SMILES string of the molecule is CCOC(=O)Cc1cc(Cl)ccc1-c1cccc(F)c1. The molecule has 0 N–H and O–H groups in total. The molecule has 2 aromatic carbocycles. The number of ether oxygens (including phenoxy) is 1. The summed E-state index contributed by atoms with van der Waals surface area (Å²) in [5.41, 5.74) is 2.21. The molecule has 0 fully saturated rings. The van der Waals surface area contributed by atoms with Gasteiger partial charge in [0.15, 0.2) is 0 Å². The fraction of sp³-hybridized carbons (Fsp3) is 0.188. The molecule has 4 heteroatoms. The monoisotopic (exact) mass is 292 g/mol. The number of hydrogen-bond donors (Lipinski definition) is 0. The van der Waals surface area contributed by atoms with E-state index < -0.39 is 0 Å². The highest BCUT2D eigenvalue weighted by atomic mass is 35.5. The number of rotatable bonds is 4. The highest BCUT2D eigenvalue weighted by molar-refractivity contribution is 6.30. The van der Waals surface area contributed by atoms with E-state index in [1.54, 1.807) is 37.3 Å². The van der Waals surface area contributed by atoms with Crippen molar-refractivity contribution in [2.45, 2.75) is 13.3 Å². The lowest BCUT2D eigenvalue weighted by atomic mass is 9.97. The van der Waals surface area contributed by atoms with Gasteiger partial charge in [0.2, 0.25) is 0 Å². The van der Waals surface area contributed by atoms with Crippen LogP contribution >= 0.6 is 11.6 Å². The molecule has 0 unspecified atom stereocenters. The molecule has 20 heavy (non-hydrogen) atoms. The number of carbonyl (C=O) groups is 1. The lowest BCUT2D eigenvalue weighted by Gasteiger charge is -2.10. The first-order chi connectivity index (χ1) is 9.60. The molecule has 2 rings (SSSR count). The first-order valence-corrected chi connectivity index (χ1v) is 6.68. The van der Waals surface area contributed by atoms with Crippen LogP contribution in [0.4, 0.5) is 4.39 Å². The van der Waals surface area contributed by atoms with Crippen LogP contribution in [0.1, 0.15) is 12.5 Å². The van der Waals surface area contributed by atoms with Crippen molar-refractivity contribution < 1.29 is 13.9 Å². The van der Waals surface area contributed by atoms with Crippen molar-refractivity contribution in [1.29, 1.82) is 0 Å². The van der Waals surface area contributed by atoms with Crippen molar-refractivity contribution in [2.24, 2.45) is 0 Å². The molecule has 0 bridgehead atoms. The average molecular weight is 293 g/mol. The smallest absolute Gasteiger partial charge is 0.310 e.